The van der Waals surface area contributed by atoms with E-state index >= 15 is 0 Å². The number of methoxy groups -OCH3 is 2. The van der Waals surface area contributed by atoms with Crippen LogP contribution in [0, 0.1) is 5.92 Å². The number of nitrogens with zero attached hydrogens (tertiary/aromatic N) is 1. The molecule has 1 fully saturated rings. The van der Waals surface area contributed by atoms with Crippen LogP contribution < -0.4 is 20.3 Å². The second kappa shape index (κ2) is 10.2. The first-order valence-electron chi connectivity index (χ1n) is 9.93. The standard InChI is InChI=1S/C22H24ClN3O6/c1-31-16-9-14(10-17(12-16)32-2)22(30)26-7-5-13(6-8-26)20(28)24-25-21(29)18-11-15(23)3-4-19(18)27/h3-4,9-13,27H,5-8H2,1-2H3,(H,24,28)(H,25,29). The summed E-state index contributed by atoms with van der Waals surface area (Å²) in [4.78, 5) is 39.2. The predicted molar refractivity (Wildman–Crippen MR) is 117 cm³/mol. The first-order chi connectivity index (χ1) is 15.3. The van der Waals surface area contributed by atoms with Gasteiger partial charge in [0.25, 0.3) is 11.8 Å². The maximum atomic E-state index is 12.9. The van der Waals surface area contributed by atoms with Gasteiger partial charge < -0.3 is 19.5 Å². The molecule has 0 radical (unpaired) electrons. The Bertz CT molecular complexity index is 998. The van der Waals surface area contributed by atoms with E-state index in [1.54, 1.807) is 23.1 Å². The SMILES string of the molecule is COc1cc(OC)cc(C(=O)N2CCC(C(=O)NNC(=O)c3cc(Cl)ccc3O)CC2)c1. The summed E-state index contributed by atoms with van der Waals surface area (Å²) in [6, 6.07) is 9.02. The third-order valence-corrected chi connectivity index (χ3v) is 5.49. The zero-order chi connectivity index (χ0) is 23.3. The molecule has 0 aromatic heterocycles. The first-order valence-corrected chi connectivity index (χ1v) is 10.3. The van der Waals surface area contributed by atoms with Gasteiger partial charge in [-0.3, -0.25) is 25.2 Å². The van der Waals surface area contributed by atoms with E-state index in [0.29, 0.717) is 43.0 Å². The molecule has 1 aliphatic heterocycles. The van der Waals surface area contributed by atoms with Crippen molar-refractivity contribution in [1.29, 1.82) is 0 Å². The fourth-order valence-corrected chi connectivity index (χ4v) is 3.61. The van der Waals surface area contributed by atoms with E-state index < -0.39 is 5.91 Å². The van der Waals surface area contributed by atoms with Crippen molar-refractivity contribution in [2.45, 2.75) is 12.8 Å². The topological polar surface area (TPSA) is 117 Å². The van der Waals surface area contributed by atoms with Crippen molar-refractivity contribution in [2.24, 2.45) is 5.92 Å². The Labute approximate surface area is 190 Å². The van der Waals surface area contributed by atoms with Crippen LogP contribution in [0.25, 0.3) is 0 Å². The Kier molecular flexibility index (Phi) is 7.42. The van der Waals surface area contributed by atoms with E-state index in [1.165, 1.54) is 32.4 Å². The molecule has 32 heavy (non-hydrogen) atoms. The van der Waals surface area contributed by atoms with Gasteiger partial charge in [0.1, 0.15) is 17.2 Å². The van der Waals surface area contributed by atoms with Crippen LogP contribution in [0.4, 0.5) is 0 Å². The smallest absolute Gasteiger partial charge is 0.273 e. The van der Waals surface area contributed by atoms with Crippen molar-refractivity contribution in [2.75, 3.05) is 27.3 Å². The van der Waals surface area contributed by atoms with E-state index in [0.717, 1.165) is 0 Å². The number of phenolic OH excluding ortho intramolecular Hbond substituents is 1. The van der Waals surface area contributed by atoms with Crippen molar-refractivity contribution in [3.8, 4) is 17.2 Å². The highest BCUT2D eigenvalue weighted by Gasteiger charge is 2.28. The fraction of sp³-hybridized carbons (Fsp3) is 0.318. The van der Waals surface area contributed by atoms with Gasteiger partial charge in [-0.1, -0.05) is 11.6 Å². The number of aromatic hydroxyl groups is 1. The van der Waals surface area contributed by atoms with E-state index in [2.05, 4.69) is 10.9 Å². The number of phenols is 1. The Morgan fingerprint density at radius 1 is 1.00 bits per heavy atom. The number of amides is 3. The molecule has 170 valence electrons. The number of likely N-dealkylation sites (tertiary alicyclic amines) is 1. The van der Waals surface area contributed by atoms with Crippen LogP contribution >= 0.6 is 11.6 Å². The molecular formula is C22H24ClN3O6. The zero-order valence-electron chi connectivity index (χ0n) is 17.7. The monoisotopic (exact) mass is 461 g/mol. The van der Waals surface area contributed by atoms with Crippen LogP contribution in [-0.2, 0) is 4.79 Å². The number of benzene rings is 2. The van der Waals surface area contributed by atoms with Gasteiger partial charge >= 0.3 is 0 Å². The molecule has 0 saturated carbocycles. The number of nitrogens with one attached hydrogen (secondary N) is 2. The Morgan fingerprint density at radius 3 is 2.22 bits per heavy atom. The summed E-state index contributed by atoms with van der Waals surface area (Å²) in [5.74, 6) is -0.806. The minimum atomic E-state index is -0.682. The average Bonchev–Trinajstić information content (AvgIpc) is 2.82. The van der Waals surface area contributed by atoms with E-state index in [9.17, 15) is 19.5 Å². The largest absolute Gasteiger partial charge is 0.507 e. The van der Waals surface area contributed by atoms with Crippen LogP contribution in [0.15, 0.2) is 36.4 Å². The summed E-state index contributed by atoms with van der Waals surface area (Å²) in [5, 5.41) is 10.1. The number of hydrazine groups is 1. The van der Waals surface area contributed by atoms with Gasteiger partial charge in [-0.05, 0) is 43.2 Å². The maximum Gasteiger partial charge on any atom is 0.273 e. The van der Waals surface area contributed by atoms with Gasteiger partial charge in [0, 0.05) is 35.7 Å². The highest BCUT2D eigenvalue weighted by Crippen LogP contribution is 2.26. The Balaban J connectivity index is 1.54. The van der Waals surface area contributed by atoms with Crippen LogP contribution in [0.5, 0.6) is 17.2 Å². The van der Waals surface area contributed by atoms with Crippen molar-refractivity contribution in [3.63, 3.8) is 0 Å². The maximum absolute atomic E-state index is 12.9. The number of hydrogen-bond donors (Lipinski definition) is 3. The first kappa shape index (κ1) is 23.2. The quantitative estimate of drug-likeness (QED) is 0.588. The molecule has 3 rings (SSSR count). The van der Waals surface area contributed by atoms with E-state index in [-0.39, 0.29) is 34.1 Å². The molecule has 0 atom stereocenters. The Hall–Kier alpha value is -3.46. The van der Waals surface area contributed by atoms with Gasteiger partial charge in [0.2, 0.25) is 5.91 Å². The van der Waals surface area contributed by atoms with Crippen LogP contribution in [0.3, 0.4) is 0 Å². The van der Waals surface area contributed by atoms with Crippen molar-refractivity contribution in [1.82, 2.24) is 15.8 Å². The fourth-order valence-electron chi connectivity index (χ4n) is 3.44. The second-order valence-corrected chi connectivity index (χ2v) is 7.71. The van der Waals surface area contributed by atoms with E-state index in [4.69, 9.17) is 21.1 Å². The number of halogens is 1. The van der Waals surface area contributed by atoms with Crippen LogP contribution in [0.1, 0.15) is 33.6 Å². The summed E-state index contributed by atoms with van der Waals surface area (Å²) in [5.41, 5.74) is 5.05. The number of carbonyl (C=O) groups is 3. The lowest BCUT2D eigenvalue weighted by Crippen LogP contribution is -2.48. The van der Waals surface area contributed by atoms with Gasteiger partial charge in [0.15, 0.2) is 0 Å². The number of ether oxygens (including phenoxy) is 2. The minimum absolute atomic E-state index is 0.0491. The lowest BCUT2D eigenvalue weighted by molar-refractivity contribution is -0.127. The lowest BCUT2D eigenvalue weighted by Gasteiger charge is -2.31. The van der Waals surface area contributed by atoms with Crippen LogP contribution in [-0.4, -0.2) is 55.0 Å². The molecule has 9 nitrogen and oxygen atoms in total. The lowest BCUT2D eigenvalue weighted by atomic mass is 9.95. The molecule has 1 aliphatic rings. The highest BCUT2D eigenvalue weighted by atomic mass is 35.5. The number of hydrogen-bond acceptors (Lipinski definition) is 6. The second-order valence-electron chi connectivity index (χ2n) is 7.27. The third-order valence-electron chi connectivity index (χ3n) is 5.25. The molecule has 3 amide bonds. The van der Waals surface area contributed by atoms with Crippen LogP contribution in [0.2, 0.25) is 5.02 Å². The van der Waals surface area contributed by atoms with Gasteiger partial charge in [-0.25, -0.2) is 0 Å². The highest BCUT2D eigenvalue weighted by molar-refractivity contribution is 6.31. The number of rotatable bonds is 5. The van der Waals surface area contributed by atoms with Crippen molar-refractivity contribution >= 4 is 29.3 Å². The summed E-state index contributed by atoms with van der Waals surface area (Å²) >= 11 is 5.84. The number of carbonyl (C=O) groups excluding carboxylic acids is 3. The number of piperidine rings is 1. The van der Waals surface area contributed by atoms with Crippen molar-refractivity contribution in [3.05, 3.63) is 52.5 Å². The molecule has 0 unspecified atom stereocenters. The van der Waals surface area contributed by atoms with Gasteiger partial charge in [-0.15, -0.1) is 0 Å². The zero-order valence-corrected chi connectivity index (χ0v) is 18.4. The normalized spacial score (nSPS) is 13.9. The molecule has 1 heterocycles. The molecule has 2 aromatic rings. The summed E-state index contributed by atoms with van der Waals surface area (Å²) in [7, 11) is 3.03. The molecule has 0 bridgehead atoms. The molecule has 0 aliphatic carbocycles. The average molecular weight is 462 g/mol. The Morgan fingerprint density at radius 2 is 1.62 bits per heavy atom. The van der Waals surface area contributed by atoms with E-state index in [1.807, 2.05) is 0 Å². The third kappa shape index (κ3) is 5.42. The molecule has 10 heteroatoms. The summed E-state index contributed by atoms with van der Waals surface area (Å²) in [6.45, 7) is 0.777. The van der Waals surface area contributed by atoms with Crippen molar-refractivity contribution < 1.29 is 29.0 Å². The molecule has 1 saturated heterocycles. The molecule has 0 spiro atoms. The predicted octanol–water partition coefficient (Wildman–Crippen LogP) is 2.38. The summed E-state index contributed by atoms with van der Waals surface area (Å²) in [6.07, 6.45) is 0.883. The minimum Gasteiger partial charge on any atom is -0.507 e. The van der Waals surface area contributed by atoms with Gasteiger partial charge in [-0.2, -0.15) is 0 Å². The summed E-state index contributed by atoms with van der Waals surface area (Å²) < 4.78 is 10.4. The van der Waals surface area contributed by atoms with Gasteiger partial charge in [0.05, 0.1) is 19.8 Å². The molecular weight excluding hydrogens is 438 g/mol. The molecule has 2 aromatic carbocycles. The molecule has 3 N–H and O–H groups in total.